The summed E-state index contributed by atoms with van der Waals surface area (Å²) in [6.07, 6.45) is 4.54. The number of methoxy groups -OCH3 is 1. The van der Waals surface area contributed by atoms with E-state index < -0.39 is 0 Å². The lowest BCUT2D eigenvalue weighted by atomic mass is 10.1. The minimum absolute atomic E-state index is 0.172. The Morgan fingerprint density at radius 1 is 1.42 bits per heavy atom. The molecule has 0 radical (unpaired) electrons. The van der Waals surface area contributed by atoms with Gasteiger partial charge in [-0.15, -0.1) is 0 Å². The standard InChI is InChI=1S/C17H16N4O3/c1-3-14(23)20-12-7-10(18)16-15-9(8-19-16)6-11(21-17(12)15)13(22)4-5-24-2/h4-8,18,21H,3H2,1-2H3,(H,20,23)/b5-4+,18-10?. The van der Waals surface area contributed by atoms with Crippen LogP contribution in [0.3, 0.4) is 0 Å². The third-order valence-corrected chi connectivity index (χ3v) is 3.70. The Balaban J connectivity index is 2.26. The van der Waals surface area contributed by atoms with Gasteiger partial charge in [0.05, 0.1) is 41.1 Å². The monoisotopic (exact) mass is 324 g/mol. The van der Waals surface area contributed by atoms with E-state index in [1.807, 2.05) is 0 Å². The van der Waals surface area contributed by atoms with E-state index in [9.17, 15) is 9.59 Å². The summed E-state index contributed by atoms with van der Waals surface area (Å²) < 4.78 is 4.77. The summed E-state index contributed by atoms with van der Waals surface area (Å²) in [5, 5.41) is 12.5. The van der Waals surface area contributed by atoms with Crippen molar-refractivity contribution in [2.45, 2.75) is 13.3 Å². The summed E-state index contributed by atoms with van der Waals surface area (Å²) in [6, 6.07) is 3.21. The summed E-state index contributed by atoms with van der Waals surface area (Å²) in [7, 11) is 1.46. The summed E-state index contributed by atoms with van der Waals surface area (Å²) >= 11 is 0. The number of anilines is 1. The summed E-state index contributed by atoms with van der Waals surface area (Å²) in [5.41, 5.74) is 1.90. The van der Waals surface area contributed by atoms with Crippen molar-refractivity contribution in [2.24, 2.45) is 0 Å². The lowest BCUT2D eigenvalue weighted by Gasteiger charge is -2.10. The number of hydrogen-bond donors (Lipinski definition) is 3. The molecule has 0 bridgehead atoms. The zero-order valence-electron chi connectivity index (χ0n) is 13.3. The van der Waals surface area contributed by atoms with Crippen LogP contribution in [0.15, 0.2) is 30.7 Å². The second kappa shape index (κ2) is 6.11. The van der Waals surface area contributed by atoms with Gasteiger partial charge in [0.25, 0.3) is 0 Å². The Morgan fingerprint density at radius 3 is 2.92 bits per heavy atom. The fraction of sp³-hybridized carbons (Fsp3) is 0.176. The first-order valence-corrected chi connectivity index (χ1v) is 7.41. The lowest BCUT2D eigenvalue weighted by molar-refractivity contribution is -0.115. The molecule has 0 spiro atoms. The molecular weight excluding hydrogens is 308 g/mol. The molecule has 0 aliphatic carbocycles. The van der Waals surface area contributed by atoms with Gasteiger partial charge in [-0.1, -0.05) is 6.92 Å². The molecule has 24 heavy (non-hydrogen) atoms. The van der Waals surface area contributed by atoms with E-state index in [0.29, 0.717) is 28.8 Å². The highest BCUT2D eigenvalue weighted by Crippen LogP contribution is 2.29. The fourth-order valence-corrected chi connectivity index (χ4v) is 2.54. The topological polar surface area (TPSA) is 108 Å². The molecule has 0 aliphatic rings. The minimum atomic E-state index is -0.264. The van der Waals surface area contributed by atoms with Crippen LogP contribution in [0, 0.1) is 5.41 Å². The zero-order chi connectivity index (χ0) is 17.3. The summed E-state index contributed by atoms with van der Waals surface area (Å²) in [4.78, 5) is 31.3. The first-order valence-electron chi connectivity index (χ1n) is 7.41. The van der Waals surface area contributed by atoms with Gasteiger partial charge in [-0.2, -0.15) is 0 Å². The van der Waals surface area contributed by atoms with Gasteiger partial charge in [-0.05, 0) is 12.1 Å². The average molecular weight is 324 g/mol. The number of H-pyrrole nitrogens is 1. The largest absolute Gasteiger partial charge is 0.504 e. The van der Waals surface area contributed by atoms with Crippen molar-refractivity contribution in [1.29, 1.82) is 5.41 Å². The molecule has 0 saturated carbocycles. The van der Waals surface area contributed by atoms with Gasteiger partial charge in [-0.25, -0.2) is 0 Å². The number of carbonyl (C=O) groups excluding carboxylic acids is 2. The van der Waals surface area contributed by atoms with Gasteiger partial charge < -0.3 is 15.0 Å². The maximum Gasteiger partial charge on any atom is 0.224 e. The first kappa shape index (κ1) is 15.7. The maximum absolute atomic E-state index is 12.2. The molecule has 2 aromatic heterocycles. The first-order chi connectivity index (χ1) is 11.5. The van der Waals surface area contributed by atoms with Gasteiger partial charge >= 0.3 is 0 Å². The summed E-state index contributed by atoms with van der Waals surface area (Å²) in [5.74, 6) is -0.436. The third-order valence-electron chi connectivity index (χ3n) is 3.70. The SMILES string of the molecule is CCC(=O)Nc1cc(=N)c2ncc3cc(C(=O)/C=C/OC)[nH]c1c32. The number of nitrogens with zero attached hydrogens (tertiary/aromatic N) is 1. The molecule has 0 atom stereocenters. The van der Waals surface area contributed by atoms with Crippen LogP contribution in [0.1, 0.15) is 23.8 Å². The molecule has 0 unspecified atom stereocenters. The Labute approximate surface area is 137 Å². The lowest BCUT2D eigenvalue weighted by Crippen LogP contribution is -2.13. The normalized spacial score (nSPS) is 11.4. The maximum atomic E-state index is 12.2. The molecule has 0 fully saturated rings. The van der Waals surface area contributed by atoms with E-state index in [4.69, 9.17) is 10.1 Å². The molecule has 3 rings (SSSR count). The second-order valence-electron chi connectivity index (χ2n) is 5.27. The number of benzene rings is 1. The van der Waals surface area contributed by atoms with Crippen LogP contribution in [0.4, 0.5) is 5.69 Å². The van der Waals surface area contributed by atoms with Crippen molar-refractivity contribution in [3.8, 4) is 0 Å². The van der Waals surface area contributed by atoms with E-state index in [1.165, 1.54) is 25.5 Å². The number of amides is 1. The second-order valence-corrected chi connectivity index (χ2v) is 5.27. The van der Waals surface area contributed by atoms with Crippen LogP contribution in [0.2, 0.25) is 0 Å². The van der Waals surface area contributed by atoms with Crippen molar-refractivity contribution in [3.05, 3.63) is 41.7 Å². The molecule has 3 aromatic rings. The van der Waals surface area contributed by atoms with E-state index in [-0.39, 0.29) is 17.0 Å². The van der Waals surface area contributed by atoms with E-state index in [2.05, 4.69) is 15.3 Å². The highest BCUT2D eigenvalue weighted by molar-refractivity contribution is 6.16. The highest BCUT2D eigenvalue weighted by Gasteiger charge is 2.16. The average Bonchev–Trinajstić information content (AvgIpc) is 3.01. The minimum Gasteiger partial charge on any atom is -0.504 e. The number of nitrogens with one attached hydrogen (secondary N) is 3. The van der Waals surface area contributed by atoms with Crippen LogP contribution >= 0.6 is 0 Å². The van der Waals surface area contributed by atoms with Crippen LogP contribution in [0.5, 0.6) is 0 Å². The fourth-order valence-electron chi connectivity index (χ4n) is 2.54. The van der Waals surface area contributed by atoms with Gasteiger partial charge in [0.2, 0.25) is 11.7 Å². The smallest absolute Gasteiger partial charge is 0.224 e. The molecule has 1 aromatic carbocycles. The quantitative estimate of drug-likeness (QED) is 0.380. The van der Waals surface area contributed by atoms with Crippen molar-refractivity contribution >= 4 is 39.2 Å². The van der Waals surface area contributed by atoms with Crippen LogP contribution in [-0.4, -0.2) is 28.8 Å². The Morgan fingerprint density at radius 2 is 2.21 bits per heavy atom. The molecule has 7 heteroatoms. The van der Waals surface area contributed by atoms with Gasteiger partial charge in [0.15, 0.2) is 0 Å². The Kier molecular flexibility index (Phi) is 3.99. The van der Waals surface area contributed by atoms with Gasteiger partial charge in [0.1, 0.15) is 0 Å². The number of allylic oxidation sites excluding steroid dienone is 1. The number of aromatic nitrogens is 2. The molecule has 3 N–H and O–H groups in total. The van der Waals surface area contributed by atoms with Crippen LogP contribution in [0.25, 0.3) is 21.8 Å². The summed E-state index contributed by atoms with van der Waals surface area (Å²) in [6.45, 7) is 1.74. The third kappa shape index (κ3) is 2.60. The molecule has 7 nitrogen and oxygen atoms in total. The van der Waals surface area contributed by atoms with E-state index in [1.54, 1.807) is 19.2 Å². The zero-order valence-corrected chi connectivity index (χ0v) is 13.3. The Hall–Kier alpha value is -3.22. The van der Waals surface area contributed by atoms with Gasteiger partial charge in [-0.3, -0.25) is 20.0 Å². The predicted molar refractivity (Wildman–Crippen MR) is 90.0 cm³/mol. The van der Waals surface area contributed by atoms with Crippen molar-refractivity contribution < 1.29 is 14.3 Å². The molecule has 2 heterocycles. The molecule has 1 amide bonds. The number of carbonyl (C=O) groups is 2. The molecule has 122 valence electrons. The Bertz CT molecular complexity index is 1020. The number of ether oxygens (including phenoxy) is 1. The van der Waals surface area contributed by atoms with E-state index >= 15 is 0 Å². The van der Waals surface area contributed by atoms with Crippen LogP contribution in [-0.2, 0) is 9.53 Å². The number of rotatable bonds is 5. The predicted octanol–water partition coefficient (Wildman–Crippen LogP) is 2.32. The molecule has 0 aliphatic heterocycles. The molecular formula is C17H16N4O3. The van der Waals surface area contributed by atoms with Crippen LogP contribution < -0.4 is 10.7 Å². The van der Waals surface area contributed by atoms with Crippen molar-refractivity contribution in [2.75, 3.05) is 12.4 Å². The van der Waals surface area contributed by atoms with Gasteiger partial charge in [0, 0.05) is 29.5 Å². The number of pyridine rings is 1. The van der Waals surface area contributed by atoms with Crippen molar-refractivity contribution in [1.82, 2.24) is 9.97 Å². The van der Waals surface area contributed by atoms with Crippen molar-refractivity contribution in [3.63, 3.8) is 0 Å². The highest BCUT2D eigenvalue weighted by atomic mass is 16.5. The number of aromatic amines is 1. The number of ketones is 1. The van der Waals surface area contributed by atoms with E-state index in [0.717, 1.165) is 10.8 Å². The number of hydrogen-bond acceptors (Lipinski definition) is 5. The molecule has 0 saturated heterocycles.